The Bertz CT molecular complexity index is 424. The van der Waals surface area contributed by atoms with E-state index in [2.05, 4.69) is 10.1 Å². The minimum atomic E-state index is -4.32. The monoisotopic (exact) mass is 307 g/mol. The summed E-state index contributed by atoms with van der Waals surface area (Å²) in [6, 6.07) is 5.46. The van der Waals surface area contributed by atoms with E-state index in [0.717, 1.165) is 12.1 Å². The maximum Gasteiger partial charge on any atom is 0.411 e. The largest absolute Gasteiger partial charge is 0.493 e. The van der Waals surface area contributed by atoms with Gasteiger partial charge in [-0.15, -0.1) is 0 Å². The normalized spacial score (nSPS) is 11.5. The Morgan fingerprint density at radius 2 is 1.90 bits per heavy atom. The third kappa shape index (κ3) is 7.19. The molecule has 21 heavy (non-hydrogen) atoms. The third-order valence-corrected chi connectivity index (χ3v) is 2.56. The average Bonchev–Trinajstić information content (AvgIpc) is 2.43. The van der Waals surface area contributed by atoms with Crippen LogP contribution in [0, 0.1) is 0 Å². The van der Waals surface area contributed by atoms with Crippen LogP contribution in [0.25, 0.3) is 0 Å². The number of rotatable bonds is 9. The minimum absolute atomic E-state index is 0.0249. The van der Waals surface area contributed by atoms with Crippen LogP contribution < -0.4 is 14.8 Å². The van der Waals surface area contributed by atoms with Crippen molar-refractivity contribution in [2.45, 2.75) is 19.6 Å². The Labute approximate surface area is 122 Å². The molecule has 0 aliphatic heterocycles. The number of methoxy groups -OCH3 is 1. The van der Waals surface area contributed by atoms with Gasteiger partial charge in [-0.25, -0.2) is 0 Å². The molecule has 0 saturated carbocycles. The van der Waals surface area contributed by atoms with Crippen LogP contribution in [0.2, 0.25) is 0 Å². The molecule has 0 bridgehead atoms. The van der Waals surface area contributed by atoms with E-state index >= 15 is 0 Å². The SMILES string of the molecule is CCNCc1ccc(OC)c(OCCOCC(F)(F)F)c1. The van der Waals surface area contributed by atoms with Gasteiger partial charge in [-0.2, -0.15) is 13.2 Å². The van der Waals surface area contributed by atoms with E-state index in [1.807, 2.05) is 13.0 Å². The van der Waals surface area contributed by atoms with Crippen LogP contribution in [0.15, 0.2) is 18.2 Å². The second kappa shape index (κ2) is 8.74. The number of benzene rings is 1. The molecule has 7 heteroatoms. The highest BCUT2D eigenvalue weighted by Gasteiger charge is 2.27. The van der Waals surface area contributed by atoms with Gasteiger partial charge < -0.3 is 19.5 Å². The van der Waals surface area contributed by atoms with Gasteiger partial charge in [0.1, 0.15) is 13.2 Å². The molecule has 0 amide bonds. The van der Waals surface area contributed by atoms with Gasteiger partial charge in [0.2, 0.25) is 0 Å². The molecule has 1 N–H and O–H groups in total. The summed E-state index contributed by atoms with van der Waals surface area (Å²) >= 11 is 0. The standard InChI is InChI=1S/C14H20F3NO3/c1-3-18-9-11-4-5-12(19-2)13(8-11)21-7-6-20-10-14(15,16)17/h4-5,8,18H,3,6-7,9-10H2,1-2H3. The van der Waals surface area contributed by atoms with E-state index in [-0.39, 0.29) is 13.2 Å². The second-order valence-corrected chi connectivity index (χ2v) is 4.28. The first-order chi connectivity index (χ1) is 9.96. The summed E-state index contributed by atoms with van der Waals surface area (Å²) in [6.45, 7) is 2.14. The smallest absolute Gasteiger partial charge is 0.411 e. The van der Waals surface area contributed by atoms with Gasteiger partial charge in [-0.1, -0.05) is 13.0 Å². The summed E-state index contributed by atoms with van der Waals surface area (Å²) in [6.07, 6.45) is -4.32. The van der Waals surface area contributed by atoms with E-state index in [4.69, 9.17) is 9.47 Å². The first-order valence-electron chi connectivity index (χ1n) is 6.61. The van der Waals surface area contributed by atoms with Gasteiger partial charge in [-0.3, -0.25) is 0 Å². The fraction of sp³-hybridized carbons (Fsp3) is 0.571. The van der Waals surface area contributed by atoms with Crippen molar-refractivity contribution in [1.82, 2.24) is 5.32 Å². The van der Waals surface area contributed by atoms with Crippen molar-refractivity contribution in [1.29, 1.82) is 0 Å². The zero-order chi connectivity index (χ0) is 15.7. The maximum absolute atomic E-state index is 11.9. The van der Waals surface area contributed by atoms with Crippen LogP contribution in [0.4, 0.5) is 13.2 Å². The number of ether oxygens (including phenoxy) is 3. The second-order valence-electron chi connectivity index (χ2n) is 4.28. The molecule has 0 aromatic heterocycles. The summed E-state index contributed by atoms with van der Waals surface area (Å²) in [5.41, 5.74) is 1.00. The fourth-order valence-corrected chi connectivity index (χ4v) is 1.61. The molecular weight excluding hydrogens is 287 g/mol. The number of hydrogen-bond donors (Lipinski definition) is 1. The average molecular weight is 307 g/mol. The molecule has 0 atom stereocenters. The molecule has 0 heterocycles. The molecule has 0 unspecified atom stereocenters. The summed E-state index contributed by atoms with van der Waals surface area (Å²) in [7, 11) is 1.51. The first kappa shape index (κ1) is 17.6. The van der Waals surface area contributed by atoms with Crippen LogP contribution in [-0.2, 0) is 11.3 Å². The lowest BCUT2D eigenvalue weighted by Crippen LogP contribution is -2.19. The van der Waals surface area contributed by atoms with Crippen LogP contribution in [0.5, 0.6) is 11.5 Å². The summed E-state index contributed by atoms with van der Waals surface area (Å²) in [5, 5.41) is 3.18. The van der Waals surface area contributed by atoms with Crippen LogP contribution >= 0.6 is 0 Å². The van der Waals surface area contributed by atoms with E-state index < -0.39 is 12.8 Å². The number of nitrogens with one attached hydrogen (secondary N) is 1. The Hall–Kier alpha value is -1.47. The number of halogens is 3. The molecule has 0 radical (unpaired) electrons. The van der Waals surface area contributed by atoms with Crippen molar-refractivity contribution < 1.29 is 27.4 Å². The summed E-state index contributed by atoms with van der Waals surface area (Å²) < 4.78 is 50.8. The lowest BCUT2D eigenvalue weighted by molar-refractivity contribution is -0.175. The van der Waals surface area contributed by atoms with Crippen molar-refractivity contribution in [3.8, 4) is 11.5 Å². The quantitative estimate of drug-likeness (QED) is 0.712. The Morgan fingerprint density at radius 1 is 1.14 bits per heavy atom. The molecular formula is C14H20F3NO3. The van der Waals surface area contributed by atoms with Gasteiger partial charge >= 0.3 is 6.18 Å². The highest BCUT2D eigenvalue weighted by Crippen LogP contribution is 2.28. The van der Waals surface area contributed by atoms with E-state index in [1.54, 1.807) is 12.1 Å². The maximum atomic E-state index is 11.9. The van der Waals surface area contributed by atoms with E-state index in [9.17, 15) is 13.2 Å². The van der Waals surface area contributed by atoms with Crippen LogP contribution in [0.3, 0.4) is 0 Å². The molecule has 0 aliphatic rings. The van der Waals surface area contributed by atoms with Gasteiger partial charge in [0.05, 0.1) is 13.7 Å². The van der Waals surface area contributed by atoms with Gasteiger partial charge in [0.25, 0.3) is 0 Å². The molecule has 0 saturated heterocycles. The predicted octanol–water partition coefficient (Wildman–Crippen LogP) is 2.76. The third-order valence-electron chi connectivity index (χ3n) is 2.56. The number of hydrogen-bond acceptors (Lipinski definition) is 4. The van der Waals surface area contributed by atoms with E-state index in [1.165, 1.54) is 7.11 Å². The Kier molecular flexibility index (Phi) is 7.31. The van der Waals surface area contributed by atoms with Crippen molar-refractivity contribution in [3.63, 3.8) is 0 Å². The highest BCUT2D eigenvalue weighted by molar-refractivity contribution is 5.42. The minimum Gasteiger partial charge on any atom is -0.493 e. The van der Waals surface area contributed by atoms with Crippen LogP contribution in [0.1, 0.15) is 12.5 Å². The predicted molar refractivity (Wildman–Crippen MR) is 72.7 cm³/mol. The lowest BCUT2D eigenvalue weighted by atomic mass is 10.2. The van der Waals surface area contributed by atoms with Crippen molar-refractivity contribution in [2.75, 3.05) is 33.5 Å². The van der Waals surface area contributed by atoms with Crippen LogP contribution in [-0.4, -0.2) is 39.7 Å². The molecule has 1 rings (SSSR count). The van der Waals surface area contributed by atoms with Crippen molar-refractivity contribution in [2.24, 2.45) is 0 Å². The van der Waals surface area contributed by atoms with E-state index in [0.29, 0.717) is 18.0 Å². The van der Waals surface area contributed by atoms with Crippen molar-refractivity contribution in [3.05, 3.63) is 23.8 Å². The van der Waals surface area contributed by atoms with Gasteiger partial charge in [-0.05, 0) is 24.2 Å². The molecule has 1 aromatic carbocycles. The van der Waals surface area contributed by atoms with Gasteiger partial charge in [0, 0.05) is 6.54 Å². The summed E-state index contributed by atoms with van der Waals surface area (Å²) in [5.74, 6) is 1.02. The molecule has 1 aromatic rings. The summed E-state index contributed by atoms with van der Waals surface area (Å²) in [4.78, 5) is 0. The molecule has 0 spiro atoms. The molecule has 0 aliphatic carbocycles. The highest BCUT2D eigenvalue weighted by atomic mass is 19.4. The van der Waals surface area contributed by atoms with Crippen molar-refractivity contribution >= 4 is 0 Å². The zero-order valence-electron chi connectivity index (χ0n) is 12.1. The zero-order valence-corrected chi connectivity index (χ0v) is 12.1. The molecule has 120 valence electrons. The fourth-order valence-electron chi connectivity index (χ4n) is 1.61. The first-order valence-corrected chi connectivity index (χ1v) is 6.61. The molecule has 0 fully saturated rings. The topological polar surface area (TPSA) is 39.7 Å². The molecule has 4 nitrogen and oxygen atoms in total. The Morgan fingerprint density at radius 3 is 2.52 bits per heavy atom. The Balaban J connectivity index is 2.48. The van der Waals surface area contributed by atoms with Gasteiger partial charge in [0.15, 0.2) is 11.5 Å². The lowest BCUT2D eigenvalue weighted by Gasteiger charge is -2.13. The number of alkyl halides is 3.